The molecule has 1 atom stereocenters. The van der Waals surface area contributed by atoms with Crippen molar-refractivity contribution in [3.63, 3.8) is 0 Å². The highest BCUT2D eigenvalue weighted by molar-refractivity contribution is 7.89. The van der Waals surface area contributed by atoms with Gasteiger partial charge in [-0.15, -0.1) is 0 Å². The number of carbonyl (C=O) groups excluding carboxylic acids is 1. The maximum atomic E-state index is 11.9. The lowest BCUT2D eigenvalue weighted by atomic mass is 10.2. The molecule has 0 amide bonds. The highest BCUT2D eigenvalue weighted by Gasteiger charge is 2.22. The summed E-state index contributed by atoms with van der Waals surface area (Å²) in [5, 5.41) is 0. The number of carbonyl (C=O) groups is 1. The second-order valence-corrected chi connectivity index (χ2v) is 5.58. The van der Waals surface area contributed by atoms with Crippen LogP contribution < -0.4 is 4.72 Å². The molecule has 1 N–H and O–H groups in total. The van der Waals surface area contributed by atoms with Crippen LogP contribution in [-0.4, -0.2) is 27.5 Å². The molecular weight excluding hydrogens is 254 g/mol. The first-order valence-corrected chi connectivity index (χ1v) is 7.08. The largest absolute Gasteiger partial charge is 0.468 e. The molecule has 100 valence electrons. The van der Waals surface area contributed by atoms with E-state index in [-0.39, 0.29) is 4.90 Å². The Hall–Kier alpha value is -1.40. The molecule has 1 aromatic rings. The highest BCUT2D eigenvalue weighted by Crippen LogP contribution is 2.11. The molecule has 6 heteroatoms. The van der Waals surface area contributed by atoms with Gasteiger partial charge in [-0.25, -0.2) is 8.42 Å². The Labute approximate surface area is 107 Å². The van der Waals surface area contributed by atoms with Crippen LogP contribution in [0, 0.1) is 0 Å². The van der Waals surface area contributed by atoms with Crippen LogP contribution in [0.25, 0.3) is 0 Å². The second-order valence-electron chi connectivity index (χ2n) is 3.86. The first-order valence-electron chi connectivity index (χ1n) is 5.59. The Morgan fingerprint density at radius 2 is 1.89 bits per heavy atom. The quantitative estimate of drug-likeness (QED) is 0.814. The summed E-state index contributed by atoms with van der Waals surface area (Å²) in [7, 11) is -2.48. The molecule has 0 aliphatic heterocycles. The van der Waals surface area contributed by atoms with Gasteiger partial charge in [0.2, 0.25) is 10.0 Å². The number of aryl methyl sites for hydroxylation is 1. The second kappa shape index (κ2) is 5.97. The molecule has 0 spiro atoms. The summed E-state index contributed by atoms with van der Waals surface area (Å²) in [6.45, 7) is 3.42. The number of ether oxygens (including phenoxy) is 1. The van der Waals surface area contributed by atoms with E-state index >= 15 is 0 Å². The molecule has 0 saturated heterocycles. The van der Waals surface area contributed by atoms with Crippen LogP contribution in [0.4, 0.5) is 0 Å². The van der Waals surface area contributed by atoms with Crippen molar-refractivity contribution in [1.29, 1.82) is 0 Å². The average molecular weight is 271 g/mol. The molecule has 0 heterocycles. The summed E-state index contributed by atoms with van der Waals surface area (Å²) in [4.78, 5) is 11.3. The number of nitrogens with one attached hydrogen (secondary N) is 1. The van der Waals surface area contributed by atoms with E-state index in [4.69, 9.17) is 0 Å². The minimum atomic E-state index is -3.69. The predicted octanol–water partition coefficient (Wildman–Crippen LogP) is 1.09. The molecule has 0 bridgehead atoms. The number of esters is 1. The minimum Gasteiger partial charge on any atom is -0.468 e. The van der Waals surface area contributed by atoms with Crippen molar-refractivity contribution in [2.75, 3.05) is 7.11 Å². The number of benzene rings is 1. The molecule has 5 nitrogen and oxygen atoms in total. The SMILES string of the molecule is CCc1ccc(S(=O)(=O)NC(C)C(=O)OC)cc1. The van der Waals surface area contributed by atoms with E-state index < -0.39 is 22.0 Å². The van der Waals surface area contributed by atoms with Gasteiger partial charge < -0.3 is 4.74 Å². The van der Waals surface area contributed by atoms with Crippen molar-refractivity contribution in [2.45, 2.75) is 31.2 Å². The third-order valence-corrected chi connectivity index (χ3v) is 4.09. The van der Waals surface area contributed by atoms with Crippen molar-refractivity contribution in [3.8, 4) is 0 Å². The molecule has 0 saturated carbocycles. The van der Waals surface area contributed by atoms with E-state index in [1.165, 1.54) is 26.2 Å². The fourth-order valence-electron chi connectivity index (χ4n) is 1.43. The topological polar surface area (TPSA) is 72.5 Å². The normalized spacial score (nSPS) is 13.1. The zero-order valence-electron chi connectivity index (χ0n) is 10.6. The summed E-state index contributed by atoms with van der Waals surface area (Å²) < 4.78 is 30.6. The Morgan fingerprint density at radius 1 is 1.33 bits per heavy atom. The number of hydrogen-bond acceptors (Lipinski definition) is 4. The van der Waals surface area contributed by atoms with Crippen molar-refractivity contribution in [2.24, 2.45) is 0 Å². The number of methoxy groups -OCH3 is 1. The van der Waals surface area contributed by atoms with Gasteiger partial charge in [-0.2, -0.15) is 4.72 Å². The number of rotatable bonds is 5. The number of hydrogen-bond donors (Lipinski definition) is 1. The summed E-state index contributed by atoms with van der Waals surface area (Å²) in [5.74, 6) is -0.622. The number of sulfonamides is 1. The smallest absolute Gasteiger partial charge is 0.323 e. The van der Waals surface area contributed by atoms with Crippen molar-refractivity contribution < 1.29 is 17.9 Å². The van der Waals surface area contributed by atoms with Crippen LogP contribution in [0.2, 0.25) is 0 Å². The zero-order chi connectivity index (χ0) is 13.8. The van der Waals surface area contributed by atoms with Crippen LogP contribution in [0.15, 0.2) is 29.2 Å². The molecule has 0 aromatic heterocycles. The monoisotopic (exact) mass is 271 g/mol. The van der Waals surface area contributed by atoms with Gasteiger partial charge in [0.25, 0.3) is 0 Å². The van der Waals surface area contributed by atoms with Crippen LogP contribution in [0.5, 0.6) is 0 Å². The van der Waals surface area contributed by atoms with Gasteiger partial charge in [-0.1, -0.05) is 19.1 Å². The van der Waals surface area contributed by atoms with E-state index in [2.05, 4.69) is 9.46 Å². The van der Waals surface area contributed by atoms with Gasteiger partial charge >= 0.3 is 5.97 Å². The third-order valence-electron chi connectivity index (χ3n) is 2.53. The molecule has 18 heavy (non-hydrogen) atoms. The van der Waals surface area contributed by atoms with E-state index in [1.807, 2.05) is 6.92 Å². The standard InChI is InChI=1S/C12H17NO4S/c1-4-10-5-7-11(8-6-10)18(15,16)13-9(2)12(14)17-3/h5-9,13H,4H2,1-3H3. The predicted molar refractivity (Wildman–Crippen MR) is 67.6 cm³/mol. The highest BCUT2D eigenvalue weighted by atomic mass is 32.2. The molecule has 0 radical (unpaired) electrons. The molecule has 1 rings (SSSR count). The Bertz CT molecular complexity index is 507. The van der Waals surface area contributed by atoms with E-state index in [1.54, 1.807) is 12.1 Å². The van der Waals surface area contributed by atoms with E-state index in [0.717, 1.165) is 12.0 Å². The van der Waals surface area contributed by atoms with Gasteiger partial charge in [0.05, 0.1) is 12.0 Å². The molecule has 0 fully saturated rings. The summed E-state index contributed by atoms with van der Waals surface area (Å²) in [5.41, 5.74) is 1.05. The zero-order valence-corrected chi connectivity index (χ0v) is 11.5. The van der Waals surface area contributed by atoms with Gasteiger partial charge in [0.1, 0.15) is 6.04 Å². The molecule has 0 aliphatic rings. The van der Waals surface area contributed by atoms with Crippen LogP contribution in [-0.2, 0) is 26.0 Å². The molecule has 0 aliphatic carbocycles. The summed E-state index contributed by atoms with van der Waals surface area (Å²) in [6.07, 6.45) is 0.840. The fraction of sp³-hybridized carbons (Fsp3) is 0.417. The van der Waals surface area contributed by atoms with Crippen molar-refractivity contribution in [1.82, 2.24) is 4.72 Å². The lowest BCUT2D eigenvalue weighted by Crippen LogP contribution is -2.39. The molecular formula is C12H17NO4S. The van der Waals surface area contributed by atoms with Crippen LogP contribution >= 0.6 is 0 Å². The van der Waals surface area contributed by atoms with Crippen molar-refractivity contribution in [3.05, 3.63) is 29.8 Å². The van der Waals surface area contributed by atoms with Gasteiger partial charge in [-0.05, 0) is 31.0 Å². The summed E-state index contributed by atoms with van der Waals surface area (Å²) >= 11 is 0. The van der Waals surface area contributed by atoms with Gasteiger partial charge in [-0.3, -0.25) is 4.79 Å². The average Bonchev–Trinajstić information content (AvgIpc) is 2.37. The van der Waals surface area contributed by atoms with Gasteiger partial charge in [0.15, 0.2) is 0 Å². The van der Waals surface area contributed by atoms with Crippen LogP contribution in [0.1, 0.15) is 19.4 Å². The molecule has 1 aromatic carbocycles. The van der Waals surface area contributed by atoms with Crippen molar-refractivity contribution >= 4 is 16.0 Å². The Morgan fingerprint density at radius 3 is 2.33 bits per heavy atom. The Kier molecular flexibility index (Phi) is 4.86. The first-order chi connectivity index (χ1) is 8.40. The lowest BCUT2D eigenvalue weighted by molar-refractivity contribution is -0.142. The molecule has 1 unspecified atom stereocenters. The lowest BCUT2D eigenvalue weighted by Gasteiger charge is -2.12. The van der Waals surface area contributed by atoms with Crippen LogP contribution in [0.3, 0.4) is 0 Å². The van der Waals surface area contributed by atoms with Gasteiger partial charge in [0, 0.05) is 0 Å². The third kappa shape index (κ3) is 3.54. The fourth-order valence-corrected chi connectivity index (χ4v) is 2.62. The first kappa shape index (κ1) is 14.7. The maximum Gasteiger partial charge on any atom is 0.323 e. The Balaban J connectivity index is 2.89. The van der Waals surface area contributed by atoms with E-state index in [9.17, 15) is 13.2 Å². The maximum absolute atomic E-state index is 11.9. The summed E-state index contributed by atoms with van der Waals surface area (Å²) in [6, 6.07) is 5.62. The van der Waals surface area contributed by atoms with E-state index in [0.29, 0.717) is 0 Å². The minimum absolute atomic E-state index is 0.135.